The number of aryl methyl sites for hydroxylation is 1. The highest BCUT2D eigenvalue weighted by Crippen LogP contribution is 2.41. The van der Waals surface area contributed by atoms with Gasteiger partial charge >= 0.3 is 6.03 Å². The van der Waals surface area contributed by atoms with Crippen molar-refractivity contribution < 1.29 is 14.4 Å². The summed E-state index contributed by atoms with van der Waals surface area (Å²) in [5.41, 5.74) is 1.56. The topological polar surface area (TPSA) is 91.4 Å². The Hall–Kier alpha value is -3.22. The summed E-state index contributed by atoms with van der Waals surface area (Å²) in [6.45, 7) is -0.0568. The summed E-state index contributed by atoms with van der Waals surface area (Å²) in [5, 5.41) is 5.50. The second kappa shape index (κ2) is 6.25. The third-order valence-electron chi connectivity index (χ3n) is 4.92. The van der Waals surface area contributed by atoms with Crippen LogP contribution in [0, 0.1) is 0 Å². The van der Waals surface area contributed by atoms with E-state index in [2.05, 4.69) is 15.6 Å². The summed E-state index contributed by atoms with van der Waals surface area (Å²) in [4.78, 5) is 42.6. The molecule has 132 valence electrons. The molecule has 7 heteroatoms. The molecular weight excluding hydrogens is 332 g/mol. The van der Waals surface area contributed by atoms with Crippen LogP contribution in [0.4, 0.5) is 4.79 Å². The highest BCUT2D eigenvalue weighted by molar-refractivity contribution is 6.09. The third kappa shape index (κ3) is 2.61. The molecular formula is C19H18N4O3. The number of pyridine rings is 1. The molecule has 1 aromatic heterocycles. The van der Waals surface area contributed by atoms with Crippen molar-refractivity contribution in [3.8, 4) is 0 Å². The van der Waals surface area contributed by atoms with E-state index in [0.29, 0.717) is 12.1 Å². The minimum Gasteiger partial charge on any atom is -0.349 e. The molecule has 1 spiro atoms. The molecule has 2 heterocycles. The number of hydrogen-bond donors (Lipinski definition) is 2. The molecule has 1 atom stereocenters. The number of urea groups is 1. The fraction of sp³-hybridized carbons (Fsp3) is 0.263. The molecule has 0 radical (unpaired) electrons. The van der Waals surface area contributed by atoms with Gasteiger partial charge in [0, 0.05) is 6.20 Å². The van der Waals surface area contributed by atoms with Crippen LogP contribution in [0.15, 0.2) is 48.7 Å². The molecule has 0 bridgehead atoms. The van der Waals surface area contributed by atoms with Crippen LogP contribution in [0.1, 0.15) is 23.2 Å². The average molecular weight is 350 g/mol. The fourth-order valence-electron chi connectivity index (χ4n) is 3.62. The molecule has 2 aromatic rings. The van der Waals surface area contributed by atoms with Gasteiger partial charge in [0.1, 0.15) is 12.1 Å². The number of nitrogens with one attached hydrogen (secondary N) is 2. The predicted molar refractivity (Wildman–Crippen MR) is 92.8 cm³/mol. The molecule has 1 aromatic carbocycles. The van der Waals surface area contributed by atoms with Crippen molar-refractivity contribution in [3.63, 3.8) is 0 Å². The minimum absolute atomic E-state index is 0.247. The Morgan fingerprint density at radius 3 is 2.81 bits per heavy atom. The molecule has 1 aliphatic heterocycles. The standard InChI is InChI=1S/C19H18N4O3/c24-16(21-11-14-6-3-4-10-20-14)12-23-17(25)19(22-18(23)26)9-8-13-5-1-2-7-15(13)19/h1-7,10H,8-9,11-12H2,(H,21,24)(H,22,26)/t19-/m0/s1. The molecule has 0 unspecified atom stereocenters. The molecule has 4 rings (SSSR count). The molecule has 7 nitrogen and oxygen atoms in total. The lowest BCUT2D eigenvalue weighted by molar-refractivity contribution is -0.135. The number of amides is 4. The van der Waals surface area contributed by atoms with Crippen LogP contribution in [0.5, 0.6) is 0 Å². The van der Waals surface area contributed by atoms with Crippen molar-refractivity contribution in [1.29, 1.82) is 0 Å². The van der Waals surface area contributed by atoms with Crippen LogP contribution in [0.25, 0.3) is 0 Å². The van der Waals surface area contributed by atoms with Crippen molar-refractivity contribution in [2.45, 2.75) is 24.9 Å². The van der Waals surface area contributed by atoms with Crippen molar-refractivity contribution in [2.24, 2.45) is 0 Å². The summed E-state index contributed by atoms with van der Waals surface area (Å²) >= 11 is 0. The van der Waals surface area contributed by atoms with Gasteiger partial charge in [0.25, 0.3) is 5.91 Å². The van der Waals surface area contributed by atoms with E-state index in [0.717, 1.165) is 22.4 Å². The molecule has 1 aliphatic carbocycles. The van der Waals surface area contributed by atoms with Crippen molar-refractivity contribution in [2.75, 3.05) is 6.54 Å². The van der Waals surface area contributed by atoms with Crippen LogP contribution in [-0.4, -0.2) is 34.3 Å². The molecule has 1 saturated heterocycles. The average Bonchev–Trinajstić information content (AvgIpc) is 3.15. The zero-order valence-corrected chi connectivity index (χ0v) is 14.1. The number of benzene rings is 1. The minimum atomic E-state index is -1.03. The van der Waals surface area contributed by atoms with Gasteiger partial charge in [-0.2, -0.15) is 0 Å². The summed E-state index contributed by atoms with van der Waals surface area (Å²) in [6.07, 6.45) is 2.88. The smallest absolute Gasteiger partial charge is 0.325 e. The van der Waals surface area contributed by atoms with Crippen LogP contribution in [0.2, 0.25) is 0 Å². The van der Waals surface area contributed by atoms with Crippen molar-refractivity contribution in [3.05, 3.63) is 65.5 Å². The molecule has 26 heavy (non-hydrogen) atoms. The predicted octanol–water partition coefficient (Wildman–Crippen LogP) is 1.09. The maximum atomic E-state index is 13.0. The second-order valence-electron chi connectivity index (χ2n) is 6.48. The second-order valence-corrected chi connectivity index (χ2v) is 6.48. The molecule has 0 saturated carbocycles. The van der Waals surface area contributed by atoms with E-state index < -0.39 is 17.5 Å². The molecule has 2 aliphatic rings. The molecule has 2 N–H and O–H groups in total. The number of rotatable bonds is 4. The van der Waals surface area contributed by atoms with Gasteiger partial charge in [-0.05, 0) is 36.1 Å². The third-order valence-corrected chi connectivity index (χ3v) is 4.92. The normalized spacial score (nSPS) is 21.0. The first-order valence-corrected chi connectivity index (χ1v) is 8.49. The van der Waals surface area contributed by atoms with Gasteiger partial charge < -0.3 is 10.6 Å². The van der Waals surface area contributed by atoms with Crippen molar-refractivity contribution in [1.82, 2.24) is 20.5 Å². The first-order valence-electron chi connectivity index (χ1n) is 8.49. The lowest BCUT2D eigenvalue weighted by Gasteiger charge is -2.22. The lowest BCUT2D eigenvalue weighted by atomic mass is 9.92. The largest absolute Gasteiger partial charge is 0.349 e. The van der Waals surface area contributed by atoms with Crippen LogP contribution >= 0.6 is 0 Å². The Labute approximate surface area is 150 Å². The van der Waals surface area contributed by atoms with Gasteiger partial charge in [-0.1, -0.05) is 30.3 Å². The van der Waals surface area contributed by atoms with E-state index in [1.54, 1.807) is 18.3 Å². The maximum Gasteiger partial charge on any atom is 0.325 e. The van der Waals surface area contributed by atoms with E-state index in [4.69, 9.17) is 0 Å². The maximum absolute atomic E-state index is 13.0. The monoisotopic (exact) mass is 350 g/mol. The number of nitrogens with zero attached hydrogens (tertiary/aromatic N) is 2. The summed E-state index contributed by atoms with van der Waals surface area (Å²) < 4.78 is 0. The van der Waals surface area contributed by atoms with Crippen LogP contribution < -0.4 is 10.6 Å². The molecule has 1 fully saturated rings. The van der Waals surface area contributed by atoms with Gasteiger partial charge in [0.15, 0.2) is 0 Å². The van der Waals surface area contributed by atoms with Crippen LogP contribution in [-0.2, 0) is 28.1 Å². The lowest BCUT2D eigenvalue weighted by Crippen LogP contribution is -2.43. The Bertz CT molecular complexity index is 883. The Morgan fingerprint density at radius 2 is 2.00 bits per heavy atom. The van der Waals surface area contributed by atoms with Crippen molar-refractivity contribution >= 4 is 17.8 Å². The zero-order chi connectivity index (χ0) is 18.1. The highest BCUT2D eigenvalue weighted by atomic mass is 16.2. The Kier molecular flexibility index (Phi) is 3.91. The summed E-state index contributed by atoms with van der Waals surface area (Å²) in [6, 6.07) is 12.5. The fourth-order valence-corrected chi connectivity index (χ4v) is 3.62. The zero-order valence-electron chi connectivity index (χ0n) is 14.1. The first kappa shape index (κ1) is 16.3. The van der Waals surface area contributed by atoms with Gasteiger partial charge in [-0.25, -0.2) is 4.79 Å². The van der Waals surface area contributed by atoms with E-state index in [1.807, 2.05) is 30.3 Å². The number of carbonyl (C=O) groups is 3. The van der Waals surface area contributed by atoms with Gasteiger partial charge in [-0.3, -0.25) is 19.5 Å². The first-order chi connectivity index (χ1) is 12.6. The van der Waals surface area contributed by atoms with Gasteiger partial charge in [-0.15, -0.1) is 0 Å². The van der Waals surface area contributed by atoms with E-state index in [1.165, 1.54) is 0 Å². The van der Waals surface area contributed by atoms with Gasteiger partial charge in [0.2, 0.25) is 5.91 Å². The summed E-state index contributed by atoms with van der Waals surface area (Å²) in [5.74, 6) is -0.761. The highest BCUT2D eigenvalue weighted by Gasteiger charge is 2.55. The number of fused-ring (bicyclic) bond motifs is 2. The SMILES string of the molecule is O=C(CN1C(=O)N[C@]2(CCc3ccccc32)C1=O)NCc1ccccn1. The summed E-state index contributed by atoms with van der Waals surface area (Å²) in [7, 11) is 0. The van der Waals surface area contributed by atoms with Gasteiger partial charge in [0.05, 0.1) is 12.2 Å². The van der Waals surface area contributed by atoms with Crippen LogP contribution in [0.3, 0.4) is 0 Å². The van der Waals surface area contributed by atoms with E-state index >= 15 is 0 Å². The number of imide groups is 1. The molecule has 4 amide bonds. The van der Waals surface area contributed by atoms with E-state index in [-0.39, 0.29) is 19.0 Å². The number of carbonyl (C=O) groups excluding carboxylic acids is 3. The van der Waals surface area contributed by atoms with E-state index in [9.17, 15) is 14.4 Å². The Balaban J connectivity index is 1.46. The Morgan fingerprint density at radius 1 is 1.19 bits per heavy atom. The quantitative estimate of drug-likeness (QED) is 0.808. The number of aromatic nitrogens is 1. The number of hydrogen-bond acceptors (Lipinski definition) is 4.